The predicted molar refractivity (Wildman–Crippen MR) is 59.7 cm³/mol. The molecule has 0 spiro atoms. The number of rotatable bonds is 3. The van der Waals surface area contributed by atoms with E-state index in [-0.39, 0.29) is 5.84 Å². The summed E-state index contributed by atoms with van der Waals surface area (Å²) in [6.45, 7) is 0. The van der Waals surface area contributed by atoms with Crippen LogP contribution in [0.25, 0.3) is 0 Å². The molecule has 0 unspecified atom stereocenters. The van der Waals surface area contributed by atoms with Crippen molar-refractivity contribution in [2.24, 2.45) is 17.9 Å². The highest BCUT2D eigenvalue weighted by Crippen LogP contribution is 2.23. The molecule has 0 saturated heterocycles. The zero-order valence-corrected chi connectivity index (χ0v) is 9.66. The monoisotopic (exact) mass is 251 g/mol. The van der Waals surface area contributed by atoms with Gasteiger partial charge in [-0.3, -0.25) is 4.98 Å². The number of nitrogens with zero attached hydrogens (tertiary/aromatic N) is 6. The Kier molecular flexibility index (Phi) is 3.19. The Bertz CT molecular complexity index is 535. The minimum Gasteiger partial charge on any atom is -0.409 e. The van der Waals surface area contributed by atoms with Crippen LogP contribution < -0.4 is 5.73 Å². The van der Waals surface area contributed by atoms with Crippen molar-refractivity contribution < 1.29 is 5.21 Å². The zero-order valence-electron chi connectivity index (χ0n) is 8.85. The van der Waals surface area contributed by atoms with Crippen molar-refractivity contribution in [1.82, 2.24) is 25.2 Å². The van der Waals surface area contributed by atoms with E-state index in [1.165, 1.54) is 11.8 Å². The van der Waals surface area contributed by atoms with Gasteiger partial charge in [0.2, 0.25) is 5.16 Å². The summed E-state index contributed by atoms with van der Waals surface area (Å²) in [5.41, 5.74) is 5.81. The van der Waals surface area contributed by atoms with Crippen molar-refractivity contribution in [3.63, 3.8) is 0 Å². The van der Waals surface area contributed by atoms with Crippen molar-refractivity contribution in [3.05, 3.63) is 24.0 Å². The van der Waals surface area contributed by atoms with Crippen LogP contribution in [-0.2, 0) is 7.05 Å². The number of amidine groups is 1. The molecule has 0 saturated carbocycles. The van der Waals surface area contributed by atoms with Gasteiger partial charge in [-0.15, -0.1) is 5.10 Å². The Balaban J connectivity index is 2.17. The van der Waals surface area contributed by atoms with E-state index in [1.54, 1.807) is 30.1 Å². The van der Waals surface area contributed by atoms with E-state index >= 15 is 0 Å². The number of aryl methyl sites for hydroxylation is 1. The number of hydrogen-bond donors (Lipinski definition) is 2. The third-order valence-electron chi connectivity index (χ3n) is 1.90. The Labute approximate surface area is 101 Å². The molecule has 8 nitrogen and oxygen atoms in total. The molecule has 0 radical (unpaired) electrons. The van der Waals surface area contributed by atoms with Crippen LogP contribution in [0.1, 0.15) is 5.69 Å². The summed E-state index contributed by atoms with van der Waals surface area (Å²) in [5.74, 6) is -0.0260. The first-order valence-corrected chi connectivity index (χ1v) is 5.36. The van der Waals surface area contributed by atoms with Crippen LogP contribution in [0.15, 0.2) is 33.5 Å². The van der Waals surface area contributed by atoms with Gasteiger partial charge in [0.1, 0.15) is 5.69 Å². The summed E-state index contributed by atoms with van der Waals surface area (Å²) in [7, 11) is 1.75. The molecular weight excluding hydrogens is 242 g/mol. The van der Waals surface area contributed by atoms with Crippen LogP contribution in [0, 0.1) is 0 Å². The van der Waals surface area contributed by atoms with Crippen LogP contribution in [-0.4, -0.2) is 36.2 Å². The molecular formula is C8H9N7OS. The Morgan fingerprint density at radius 1 is 1.53 bits per heavy atom. The van der Waals surface area contributed by atoms with Crippen LogP contribution in [0.2, 0.25) is 0 Å². The molecule has 0 aliphatic rings. The number of nitrogens with two attached hydrogens (primary N) is 1. The molecule has 17 heavy (non-hydrogen) atoms. The molecule has 0 aliphatic heterocycles. The van der Waals surface area contributed by atoms with Gasteiger partial charge in [0.25, 0.3) is 0 Å². The zero-order chi connectivity index (χ0) is 12.3. The lowest BCUT2D eigenvalue weighted by atomic mass is 10.3. The SMILES string of the molecule is Cn1nnnc1Sc1ccc(/C(N)=N/O)nc1. The summed E-state index contributed by atoms with van der Waals surface area (Å²) in [6, 6.07) is 3.45. The molecule has 2 aromatic heterocycles. The Hall–Kier alpha value is -2.16. The van der Waals surface area contributed by atoms with Crippen LogP contribution in [0.4, 0.5) is 0 Å². The van der Waals surface area contributed by atoms with Gasteiger partial charge in [-0.05, 0) is 34.3 Å². The van der Waals surface area contributed by atoms with E-state index in [2.05, 4.69) is 25.7 Å². The van der Waals surface area contributed by atoms with Crippen molar-refractivity contribution in [2.45, 2.75) is 10.1 Å². The quantitative estimate of drug-likeness (QED) is 0.337. The molecule has 0 bridgehead atoms. The lowest BCUT2D eigenvalue weighted by Crippen LogP contribution is -2.14. The topological polar surface area (TPSA) is 115 Å². The van der Waals surface area contributed by atoms with Gasteiger partial charge in [0.05, 0.1) is 0 Å². The third-order valence-corrected chi connectivity index (χ3v) is 2.90. The van der Waals surface area contributed by atoms with E-state index < -0.39 is 0 Å². The highest BCUT2D eigenvalue weighted by atomic mass is 32.2. The first-order valence-electron chi connectivity index (χ1n) is 4.55. The van der Waals surface area contributed by atoms with Crippen molar-refractivity contribution >= 4 is 17.6 Å². The standard InChI is InChI=1S/C8H9N7OS/c1-15-8(11-13-14-15)17-5-2-3-6(10-4-5)7(9)12-16/h2-4,16H,1H3,(H2,9,12). The maximum absolute atomic E-state index is 8.49. The van der Waals surface area contributed by atoms with Crippen LogP contribution >= 0.6 is 11.8 Å². The average molecular weight is 251 g/mol. The number of aromatic nitrogens is 5. The fourth-order valence-electron chi connectivity index (χ4n) is 1.06. The molecule has 0 amide bonds. The van der Waals surface area contributed by atoms with E-state index in [0.717, 1.165) is 4.90 Å². The van der Waals surface area contributed by atoms with Gasteiger partial charge in [0, 0.05) is 18.1 Å². The lowest BCUT2D eigenvalue weighted by Gasteiger charge is -2.00. The molecule has 0 atom stereocenters. The first-order chi connectivity index (χ1) is 8.20. The summed E-state index contributed by atoms with van der Waals surface area (Å²) >= 11 is 1.37. The van der Waals surface area contributed by atoms with Gasteiger partial charge >= 0.3 is 0 Å². The Morgan fingerprint density at radius 3 is 2.88 bits per heavy atom. The normalized spacial score (nSPS) is 11.7. The number of oxime groups is 1. The molecule has 2 aromatic rings. The number of pyridine rings is 1. The molecule has 9 heteroatoms. The third kappa shape index (κ3) is 2.50. The predicted octanol–water partition coefficient (Wildman–Crippen LogP) is -0.149. The molecule has 0 fully saturated rings. The van der Waals surface area contributed by atoms with Gasteiger partial charge < -0.3 is 10.9 Å². The molecule has 0 aliphatic carbocycles. The van der Waals surface area contributed by atoms with Gasteiger partial charge in [-0.1, -0.05) is 5.16 Å². The van der Waals surface area contributed by atoms with Gasteiger partial charge in [-0.25, -0.2) is 4.68 Å². The maximum atomic E-state index is 8.49. The summed E-state index contributed by atoms with van der Waals surface area (Å²) in [4.78, 5) is 4.90. The van der Waals surface area contributed by atoms with Gasteiger partial charge in [-0.2, -0.15) is 0 Å². The minimum atomic E-state index is -0.0260. The second-order valence-corrected chi connectivity index (χ2v) is 4.09. The summed E-state index contributed by atoms with van der Waals surface area (Å²) < 4.78 is 1.56. The largest absolute Gasteiger partial charge is 0.409 e. The van der Waals surface area contributed by atoms with E-state index in [0.29, 0.717) is 10.9 Å². The molecule has 0 aromatic carbocycles. The van der Waals surface area contributed by atoms with E-state index in [9.17, 15) is 0 Å². The van der Waals surface area contributed by atoms with E-state index in [4.69, 9.17) is 10.9 Å². The first kappa shape index (κ1) is 11.3. The van der Waals surface area contributed by atoms with Crippen LogP contribution in [0.3, 0.4) is 0 Å². The van der Waals surface area contributed by atoms with Crippen molar-refractivity contribution in [1.29, 1.82) is 0 Å². The fourth-order valence-corrected chi connectivity index (χ4v) is 1.75. The Morgan fingerprint density at radius 2 is 2.35 bits per heavy atom. The van der Waals surface area contributed by atoms with Crippen molar-refractivity contribution in [3.8, 4) is 0 Å². The lowest BCUT2D eigenvalue weighted by molar-refractivity contribution is 0.318. The molecule has 3 N–H and O–H groups in total. The average Bonchev–Trinajstić information content (AvgIpc) is 2.75. The fraction of sp³-hybridized carbons (Fsp3) is 0.125. The second-order valence-electron chi connectivity index (χ2n) is 3.05. The maximum Gasteiger partial charge on any atom is 0.213 e. The molecule has 88 valence electrons. The summed E-state index contributed by atoms with van der Waals surface area (Å²) in [5, 5.41) is 23.1. The molecule has 2 rings (SSSR count). The number of tetrazole rings is 1. The van der Waals surface area contributed by atoms with Crippen LogP contribution in [0.5, 0.6) is 0 Å². The minimum absolute atomic E-state index is 0.0260. The number of hydrogen-bond acceptors (Lipinski definition) is 7. The highest BCUT2D eigenvalue weighted by Gasteiger charge is 2.06. The molecule has 2 heterocycles. The smallest absolute Gasteiger partial charge is 0.213 e. The van der Waals surface area contributed by atoms with Crippen molar-refractivity contribution in [2.75, 3.05) is 0 Å². The highest BCUT2D eigenvalue weighted by molar-refractivity contribution is 7.99. The summed E-state index contributed by atoms with van der Waals surface area (Å²) in [6.07, 6.45) is 1.60. The van der Waals surface area contributed by atoms with Gasteiger partial charge in [0.15, 0.2) is 5.84 Å². The second kappa shape index (κ2) is 4.78. The van der Waals surface area contributed by atoms with E-state index in [1.807, 2.05) is 0 Å².